The van der Waals surface area contributed by atoms with Crippen molar-refractivity contribution in [1.29, 1.82) is 0 Å². The van der Waals surface area contributed by atoms with Gasteiger partial charge in [0.15, 0.2) is 0 Å². The Hall–Kier alpha value is -3.22. The smallest absolute Gasteiger partial charge is 0.240 e. The Labute approximate surface area is 150 Å². The number of nitrogens with zero attached hydrogens (tertiary/aromatic N) is 1. The third kappa shape index (κ3) is 5.70. The third-order valence-electron chi connectivity index (χ3n) is 3.62. The fourth-order valence-electron chi connectivity index (χ4n) is 2.28. The number of nitrogens with one attached hydrogen (secondary N) is 2. The van der Waals surface area contributed by atoms with E-state index in [2.05, 4.69) is 15.8 Å². The van der Waals surface area contributed by atoms with Gasteiger partial charge in [-0.2, -0.15) is 5.10 Å². The predicted octanol–water partition coefficient (Wildman–Crippen LogP) is 3.02. The molecule has 0 fully saturated rings. The second-order valence-corrected chi connectivity index (χ2v) is 5.85. The average molecular weight is 357 g/mol. The minimum absolute atomic E-state index is 0.0177. The fourth-order valence-corrected chi connectivity index (χ4v) is 2.28. The van der Waals surface area contributed by atoms with Gasteiger partial charge in [0.05, 0.1) is 6.21 Å². The molecule has 0 bridgehead atoms. The fraction of sp³-hybridized carbons (Fsp3) is 0.211. The molecule has 0 spiro atoms. The monoisotopic (exact) mass is 357 g/mol. The highest BCUT2D eigenvalue weighted by molar-refractivity contribution is 5.93. The number of anilines is 1. The molecule has 7 heteroatoms. The molecule has 2 aromatic rings. The van der Waals surface area contributed by atoms with E-state index < -0.39 is 5.91 Å². The first-order valence-corrected chi connectivity index (χ1v) is 8.02. The zero-order valence-electron chi connectivity index (χ0n) is 14.5. The molecule has 0 aliphatic carbocycles. The SMILES string of the molecule is Cc1cc(/C=N/NC(=O)CCC(=O)Nc2ccc(F)cc2)cc(C)c1O. The Bertz CT molecular complexity index is 809. The van der Waals surface area contributed by atoms with Crippen LogP contribution in [-0.2, 0) is 9.59 Å². The molecule has 6 nitrogen and oxygen atoms in total. The van der Waals surface area contributed by atoms with Crippen LogP contribution in [0.1, 0.15) is 29.5 Å². The van der Waals surface area contributed by atoms with Crippen molar-refractivity contribution in [2.45, 2.75) is 26.7 Å². The summed E-state index contributed by atoms with van der Waals surface area (Å²) in [4.78, 5) is 23.5. The quantitative estimate of drug-likeness (QED) is 0.548. The number of benzene rings is 2. The van der Waals surface area contributed by atoms with Gasteiger partial charge in [0.1, 0.15) is 11.6 Å². The second-order valence-electron chi connectivity index (χ2n) is 5.85. The highest BCUT2D eigenvalue weighted by Crippen LogP contribution is 2.21. The minimum Gasteiger partial charge on any atom is -0.507 e. The molecule has 2 amide bonds. The summed E-state index contributed by atoms with van der Waals surface area (Å²) in [6, 6.07) is 8.86. The zero-order chi connectivity index (χ0) is 19.1. The van der Waals surface area contributed by atoms with Crippen LogP contribution in [0.4, 0.5) is 10.1 Å². The molecule has 0 saturated heterocycles. The molecular formula is C19H20FN3O3. The molecular weight excluding hydrogens is 337 g/mol. The molecule has 0 aliphatic rings. The molecule has 0 unspecified atom stereocenters. The Morgan fingerprint density at radius 2 is 1.65 bits per heavy atom. The maximum Gasteiger partial charge on any atom is 0.240 e. The molecule has 0 radical (unpaired) electrons. The number of halogens is 1. The van der Waals surface area contributed by atoms with Crippen LogP contribution in [0.5, 0.6) is 5.75 Å². The number of aromatic hydroxyl groups is 1. The lowest BCUT2D eigenvalue weighted by Crippen LogP contribution is -2.20. The van der Waals surface area contributed by atoms with Gasteiger partial charge >= 0.3 is 0 Å². The lowest BCUT2D eigenvalue weighted by Gasteiger charge is -2.05. The topological polar surface area (TPSA) is 90.8 Å². The van der Waals surface area contributed by atoms with Crippen LogP contribution in [0.25, 0.3) is 0 Å². The van der Waals surface area contributed by atoms with E-state index in [0.29, 0.717) is 5.69 Å². The Morgan fingerprint density at radius 3 is 2.27 bits per heavy atom. The number of hydrogen-bond acceptors (Lipinski definition) is 4. The third-order valence-corrected chi connectivity index (χ3v) is 3.62. The van der Waals surface area contributed by atoms with Gasteiger partial charge in [0.25, 0.3) is 0 Å². The van der Waals surface area contributed by atoms with Gasteiger partial charge in [0.2, 0.25) is 11.8 Å². The molecule has 26 heavy (non-hydrogen) atoms. The molecule has 136 valence electrons. The van der Waals surface area contributed by atoms with Gasteiger partial charge < -0.3 is 10.4 Å². The number of carbonyl (C=O) groups excluding carboxylic acids is 2. The lowest BCUT2D eigenvalue weighted by atomic mass is 10.1. The van der Waals surface area contributed by atoms with Gasteiger partial charge in [-0.3, -0.25) is 9.59 Å². The minimum atomic E-state index is -0.400. The largest absolute Gasteiger partial charge is 0.507 e. The lowest BCUT2D eigenvalue weighted by molar-refractivity contribution is -0.124. The first-order valence-electron chi connectivity index (χ1n) is 8.02. The first kappa shape index (κ1) is 19.1. The maximum atomic E-state index is 12.8. The maximum absolute atomic E-state index is 12.8. The van der Waals surface area contributed by atoms with Crippen LogP contribution >= 0.6 is 0 Å². The van der Waals surface area contributed by atoms with Crippen LogP contribution in [0.15, 0.2) is 41.5 Å². The van der Waals surface area contributed by atoms with Crippen molar-refractivity contribution in [2.24, 2.45) is 5.10 Å². The number of phenolic OH excluding ortho intramolecular Hbond substituents is 1. The van der Waals surface area contributed by atoms with Crippen molar-refractivity contribution in [2.75, 3.05) is 5.32 Å². The molecule has 2 aromatic carbocycles. The Morgan fingerprint density at radius 1 is 1.08 bits per heavy atom. The Balaban J connectivity index is 1.78. The molecule has 0 saturated carbocycles. The standard InChI is InChI=1S/C19H20FN3O3/c1-12-9-14(10-13(2)19(12)26)11-21-23-18(25)8-7-17(24)22-16-5-3-15(20)4-6-16/h3-6,9-11,26H,7-8H2,1-2H3,(H,22,24)(H,23,25)/b21-11+. The summed E-state index contributed by atoms with van der Waals surface area (Å²) in [7, 11) is 0. The second kappa shape index (κ2) is 8.75. The zero-order valence-corrected chi connectivity index (χ0v) is 14.5. The summed E-state index contributed by atoms with van der Waals surface area (Å²) in [6.07, 6.45) is 1.42. The van der Waals surface area contributed by atoms with E-state index in [0.717, 1.165) is 16.7 Å². The van der Waals surface area contributed by atoms with Crippen LogP contribution in [0.2, 0.25) is 0 Å². The molecule has 0 atom stereocenters. The van der Waals surface area contributed by atoms with E-state index >= 15 is 0 Å². The van der Waals surface area contributed by atoms with Gasteiger partial charge in [-0.1, -0.05) is 0 Å². The number of aryl methyl sites for hydroxylation is 2. The predicted molar refractivity (Wildman–Crippen MR) is 97.6 cm³/mol. The molecule has 0 aliphatic heterocycles. The number of rotatable bonds is 6. The highest BCUT2D eigenvalue weighted by Gasteiger charge is 2.07. The van der Waals surface area contributed by atoms with Crippen LogP contribution in [-0.4, -0.2) is 23.1 Å². The van der Waals surface area contributed by atoms with Gasteiger partial charge in [-0.05, 0) is 66.9 Å². The van der Waals surface area contributed by atoms with E-state index in [-0.39, 0.29) is 30.3 Å². The van der Waals surface area contributed by atoms with Gasteiger partial charge in [0, 0.05) is 18.5 Å². The number of amides is 2. The first-order chi connectivity index (χ1) is 12.3. The van der Waals surface area contributed by atoms with E-state index in [1.54, 1.807) is 26.0 Å². The van der Waals surface area contributed by atoms with E-state index in [4.69, 9.17) is 0 Å². The van der Waals surface area contributed by atoms with Crippen molar-refractivity contribution in [1.82, 2.24) is 5.43 Å². The molecule has 2 rings (SSSR count). The van der Waals surface area contributed by atoms with Crippen molar-refractivity contribution in [3.05, 3.63) is 58.9 Å². The van der Waals surface area contributed by atoms with E-state index in [1.807, 2.05) is 0 Å². The van der Waals surface area contributed by atoms with Crippen molar-refractivity contribution in [3.8, 4) is 5.75 Å². The highest BCUT2D eigenvalue weighted by atomic mass is 19.1. The summed E-state index contributed by atoms with van der Waals surface area (Å²) < 4.78 is 12.8. The molecule has 0 heterocycles. The summed E-state index contributed by atoms with van der Waals surface area (Å²) in [5.41, 5.74) is 4.99. The van der Waals surface area contributed by atoms with Crippen molar-refractivity contribution in [3.63, 3.8) is 0 Å². The number of carbonyl (C=O) groups is 2. The summed E-state index contributed by atoms with van der Waals surface area (Å²) in [6.45, 7) is 3.55. The van der Waals surface area contributed by atoms with Crippen molar-refractivity contribution >= 4 is 23.7 Å². The van der Waals surface area contributed by atoms with Crippen LogP contribution in [0.3, 0.4) is 0 Å². The Kier molecular flexibility index (Phi) is 6.43. The van der Waals surface area contributed by atoms with Gasteiger partial charge in [-0.15, -0.1) is 0 Å². The van der Waals surface area contributed by atoms with Crippen LogP contribution in [0, 0.1) is 19.7 Å². The summed E-state index contributed by atoms with van der Waals surface area (Å²) in [5, 5.41) is 16.1. The summed E-state index contributed by atoms with van der Waals surface area (Å²) in [5.74, 6) is -0.902. The number of hydrogen-bond donors (Lipinski definition) is 3. The van der Waals surface area contributed by atoms with E-state index in [1.165, 1.54) is 30.5 Å². The molecule has 3 N–H and O–H groups in total. The molecule has 0 aromatic heterocycles. The normalized spacial score (nSPS) is 10.7. The van der Waals surface area contributed by atoms with E-state index in [9.17, 15) is 19.1 Å². The number of phenols is 1. The van der Waals surface area contributed by atoms with Crippen molar-refractivity contribution < 1.29 is 19.1 Å². The van der Waals surface area contributed by atoms with Crippen LogP contribution < -0.4 is 10.7 Å². The summed E-state index contributed by atoms with van der Waals surface area (Å²) >= 11 is 0. The average Bonchev–Trinajstić information content (AvgIpc) is 2.60. The van der Waals surface area contributed by atoms with Gasteiger partial charge in [-0.25, -0.2) is 9.82 Å². The number of hydrazone groups is 1.